The predicted octanol–water partition coefficient (Wildman–Crippen LogP) is 5.44. The molecule has 0 aliphatic heterocycles. The number of rotatable bonds is 1. The Bertz CT molecular complexity index is 954. The Hall–Kier alpha value is -2.01. The first kappa shape index (κ1) is 12.7. The average Bonchev–Trinajstić information content (AvgIpc) is 2.90. The van der Waals surface area contributed by atoms with Gasteiger partial charge in [0.15, 0.2) is 0 Å². The van der Waals surface area contributed by atoms with Crippen molar-refractivity contribution in [3.05, 3.63) is 64.2 Å². The standard InChI is InChI=1S/C18H12INO/c19-15-10-9-13(11-5-7-12(20)8-6-11)17-14-3-1-2-4-16(14)21-18(15)17/h1-10H,20H2. The summed E-state index contributed by atoms with van der Waals surface area (Å²) in [7, 11) is 0. The zero-order chi connectivity index (χ0) is 14.4. The molecule has 3 aromatic carbocycles. The molecule has 0 bridgehead atoms. The van der Waals surface area contributed by atoms with Gasteiger partial charge in [-0.2, -0.15) is 0 Å². The normalized spacial score (nSPS) is 11.3. The molecule has 4 aromatic rings. The summed E-state index contributed by atoms with van der Waals surface area (Å²) < 4.78 is 7.16. The first-order valence-electron chi connectivity index (χ1n) is 6.70. The van der Waals surface area contributed by atoms with E-state index in [1.165, 1.54) is 10.9 Å². The lowest BCUT2D eigenvalue weighted by Crippen LogP contribution is -1.85. The Labute approximate surface area is 135 Å². The van der Waals surface area contributed by atoms with Crippen molar-refractivity contribution in [2.24, 2.45) is 0 Å². The Morgan fingerprint density at radius 1 is 0.857 bits per heavy atom. The van der Waals surface area contributed by atoms with Gasteiger partial charge in [0, 0.05) is 16.5 Å². The highest BCUT2D eigenvalue weighted by Gasteiger charge is 2.14. The van der Waals surface area contributed by atoms with Gasteiger partial charge in [0.25, 0.3) is 0 Å². The molecule has 102 valence electrons. The van der Waals surface area contributed by atoms with Crippen LogP contribution in [-0.2, 0) is 0 Å². The zero-order valence-corrected chi connectivity index (χ0v) is 13.3. The average molecular weight is 385 g/mol. The quantitative estimate of drug-likeness (QED) is 0.350. The van der Waals surface area contributed by atoms with E-state index in [2.05, 4.69) is 52.9 Å². The number of benzene rings is 3. The van der Waals surface area contributed by atoms with Crippen LogP contribution in [0.3, 0.4) is 0 Å². The molecular weight excluding hydrogens is 373 g/mol. The second-order valence-corrected chi connectivity index (χ2v) is 6.18. The van der Waals surface area contributed by atoms with E-state index in [9.17, 15) is 0 Å². The molecule has 0 saturated heterocycles. The molecular formula is C18H12INO. The number of nitrogen functional groups attached to an aromatic ring is 1. The zero-order valence-electron chi connectivity index (χ0n) is 11.1. The molecule has 0 amide bonds. The highest BCUT2D eigenvalue weighted by Crippen LogP contribution is 2.38. The molecule has 1 aromatic heterocycles. The van der Waals surface area contributed by atoms with E-state index in [0.29, 0.717) is 0 Å². The SMILES string of the molecule is Nc1ccc(-c2ccc(I)c3oc4ccccc4c23)cc1. The number of furan rings is 1. The van der Waals surface area contributed by atoms with Crippen molar-refractivity contribution in [3.8, 4) is 11.1 Å². The topological polar surface area (TPSA) is 39.2 Å². The van der Waals surface area contributed by atoms with Gasteiger partial charge in [0.1, 0.15) is 11.2 Å². The van der Waals surface area contributed by atoms with Gasteiger partial charge in [-0.1, -0.05) is 36.4 Å². The number of halogens is 1. The van der Waals surface area contributed by atoms with Crippen LogP contribution >= 0.6 is 22.6 Å². The molecule has 0 unspecified atom stereocenters. The minimum absolute atomic E-state index is 0.776. The van der Waals surface area contributed by atoms with Crippen LogP contribution in [0.1, 0.15) is 0 Å². The monoisotopic (exact) mass is 385 g/mol. The van der Waals surface area contributed by atoms with Crippen molar-refractivity contribution in [2.45, 2.75) is 0 Å². The van der Waals surface area contributed by atoms with Gasteiger partial charge in [0.2, 0.25) is 0 Å². The van der Waals surface area contributed by atoms with E-state index in [4.69, 9.17) is 10.2 Å². The highest BCUT2D eigenvalue weighted by atomic mass is 127. The largest absolute Gasteiger partial charge is 0.455 e. The number of anilines is 1. The number of fused-ring (bicyclic) bond motifs is 3. The Balaban J connectivity index is 2.14. The maximum Gasteiger partial charge on any atom is 0.149 e. The fourth-order valence-electron chi connectivity index (χ4n) is 2.70. The molecule has 0 saturated carbocycles. The van der Waals surface area contributed by atoms with Crippen LogP contribution in [0.4, 0.5) is 5.69 Å². The number of hydrogen-bond acceptors (Lipinski definition) is 2. The fourth-order valence-corrected chi connectivity index (χ4v) is 3.26. The van der Waals surface area contributed by atoms with Crippen LogP contribution in [0.5, 0.6) is 0 Å². The van der Waals surface area contributed by atoms with Gasteiger partial charge >= 0.3 is 0 Å². The summed E-state index contributed by atoms with van der Waals surface area (Å²) in [5, 5.41) is 2.32. The molecule has 0 fully saturated rings. The molecule has 0 atom stereocenters. The first-order chi connectivity index (χ1) is 10.2. The van der Waals surface area contributed by atoms with Crippen LogP contribution in [-0.4, -0.2) is 0 Å². The summed E-state index contributed by atoms with van der Waals surface area (Å²) in [5.41, 5.74) is 10.8. The summed E-state index contributed by atoms with van der Waals surface area (Å²) in [6.07, 6.45) is 0. The fraction of sp³-hybridized carbons (Fsp3) is 0. The summed E-state index contributed by atoms with van der Waals surface area (Å²) in [4.78, 5) is 0. The number of nitrogens with two attached hydrogens (primary N) is 1. The molecule has 1 heterocycles. The third kappa shape index (κ3) is 2.00. The summed E-state index contributed by atoms with van der Waals surface area (Å²) >= 11 is 2.32. The van der Waals surface area contributed by atoms with E-state index in [1.54, 1.807) is 0 Å². The minimum atomic E-state index is 0.776. The van der Waals surface area contributed by atoms with Crippen molar-refractivity contribution >= 4 is 50.2 Å². The molecule has 0 radical (unpaired) electrons. The van der Waals surface area contributed by atoms with Gasteiger partial charge < -0.3 is 10.2 Å². The van der Waals surface area contributed by atoms with Crippen LogP contribution in [0.2, 0.25) is 0 Å². The van der Waals surface area contributed by atoms with Gasteiger partial charge in [-0.3, -0.25) is 0 Å². The molecule has 0 spiro atoms. The van der Waals surface area contributed by atoms with Crippen molar-refractivity contribution in [3.63, 3.8) is 0 Å². The van der Waals surface area contributed by atoms with Crippen molar-refractivity contribution in [2.75, 3.05) is 5.73 Å². The molecule has 4 rings (SSSR count). The second-order valence-electron chi connectivity index (χ2n) is 5.02. The van der Waals surface area contributed by atoms with Crippen molar-refractivity contribution < 1.29 is 4.42 Å². The summed E-state index contributed by atoms with van der Waals surface area (Å²) in [6, 6.07) is 20.4. The molecule has 21 heavy (non-hydrogen) atoms. The second kappa shape index (κ2) is 4.77. The number of hydrogen-bond donors (Lipinski definition) is 1. The molecule has 2 nitrogen and oxygen atoms in total. The van der Waals surface area contributed by atoms with Crippen LogP contribution < -0.4 is 5.73 Å². The van der Waals surface area contributed by atoms with Gasteiger partial charge in [-0.25, -0.2) is 0 Å². The summed E-state index contributed by atoms with van der Waals surface area (Å²) in [5.74, 6) is 0. The highest BCUT2D eigenvalue weighted by molar-refractivity contribution is 14.1. The molecule has 0 aliphatic rings. The van der Waals surface area contributed by atoms with E-state index in [1.807, 2.05) is 30.3 Å². The third-order valence-electron chi connectivity index (χ3n) is 3.70. The Kier molecular flexibility index (Phi) is 2.89. The lowest BCUT2D eigenvalue weighted by molar-refractivity contribution is 0.666. The van der Waals surface area contributed by atoms with Crippen molar-refractivity contribution in [1.29, 1.82) is 0 Å². The van der Waals surface area contributed by atoms with Gasteiger partial charge in [-0.15, -0.1) is 0 Å². The van der Waals surface area contributed by atoms with E-state index in [-0.39, 0.29) is 0 Å². The lowest BCUT2D eigenvalue weighted by atomic mass is 9.99. The van der Waals surface area contributed by atoms with E-state index >= 15 is 0 Å². The first-order valence-corrected chi connectivity index (χ1v) is 7.77. The van der Waals surface area contributed by atoms with E-state index < -0.39 is 0 Å². The Morgan fingerprint density at radius 2 is 1.62 bits per heavy atom. The third-order valence-corrected chi connectivity index (χ3v) is 4.55. The maximum absolute atomic E-state index is 6.04. The number of para-hydroxylation sites is 1. The van der Waals surface area contributed by atoms with Gasteiger partial charge in [0.05, 0.1) is 3.57 Å². The van der Waals surface area contributed by atoms with Gasteiger partial charge in [-0.05, 0) is 58.0 Å². The van der Waals surface area contributed by atoms with Crippen LogP contribution in [0.15, 0.2) is 65.1 Å². The predicted molar refractivity (Wildman–Crippen MR) is 96.3 cm³/mol. The molecule has 2 N–H and O–H groups in total. The van der Waals surface area contributed by atoms with E-state index in [0.717, 1.165) is 31.4 Å². The molecule has 3 heteroatoms. The smallest absolute Gasteiger partial charge is 0.149 e. The lowest BCUT2D eigenvalue weighted by Gasteiger charge is -2.05. The Morgan fingerprint density at radius 3 is 2.43 bits per heavy atom. The minimum Gasteiger partial charge on any atom is -0.455 e. The molecule has 0 aliphatic carbocycles. The van der Waals surface area contributed by atoms with Crippen molar-refractivity contribution in [1.82, 2.24) is 0 Å². The maximum atomic E-state index is 6.04. The van der Waals surface area contributed by atoms with Crippen LogP contribution in [0.25, 0.3) is 33.1 Å². The summed E-state index contributed by atoms with van der Waals surface area (Å²) in [6.45, 7) is 0. The van der Waals surface area contributed by atoms with Crippen LogP contribution in [0, 0.1) is 3.57 Å².